The number of rotatable bonds is 6. The molecule has 0 radical (unpaired) electrons. The topological polar surface area (TPSA) is 106 Å². The highest BCUT2D eigenvalue weighted by Crippen LogP contribution is 2.25. The third-order valence-electron chi connectivity index (χ3n) is 4.80. The number of benzene rings is 1. The lowest BCUT2D eigenvalue weighted by molar-refractivity contribution is -0.119. The smallest absolute Gasteiger partial charge is 0.340 e. The van der Waals surface area contributed by atoms with Crippen molar-refractivity contribution in [1.82, 2.24) is 9.29 Å². The van der Waals surface area contributed by atoms with Crippen LogP contribution in [0.3, 0.4) is 0 Å². The minimum atomic E-state index is -3.64. The number of halogens is 2. The van der Waals surface area contributed by atoms with Crippen molar-refractivity contribution in [3.05, 3.63) is 51.8 Å². The summed E-state index contributed by atoms with van der Waals surface area (Å²) in [5.41, 5.74) is 1.05. The number of pyridine rings is 1. The van der Waals surface area contributed by atoms with Crippen LogP contribution in [0.2, 0.25) is 10.2 Å². The van der Waals surface area contributed by atoms with Gasteiger partial charge in [-0.1, -0.05) is 35.7 Å². The standard InChI is InChI=1S/C20H21Cl2N3O5S/c1-13-5-6-15(31(28,29)25-7-3-2-4-8-25)10-17(13)24-18(26)12-30-20(27)14-9-16(21)19(22)23-11-14/h5-6,9-11H,2-4,7-8,12H2,1H3,(H,24,26). The Kier molecular flexibility index (Phi) is 7.53. The van der Waals surface area contributed by atoms with Gasteiger partial charge in [-0.25, -0.2) is 18.2 Å². The van der Waals surface area contributed by atoms with Gasteiger partial charge < -0.3 is 10.1 Å². The minimum absolute atomic E-state index is 0.0471. The summed E-state index contributed by atoms with van der Waals surface area (Å²) in [5, 5.41) is 2.72. The van der Waals surface area contributed by atoms with Gasteiger partial charge in [0, 0.05) is 25.0 Å². The highest BCUT2D eigenvalue weighted by Gasteiger charge is 2.26. The first-order valence-electron chi connectivity index (χ1n) is 9.57. The maximum atomic E-state index is 12.9. The van der Waals surface area contributed by atoms with Gasteiger partial charge in [0.05, 0.1) is 15.5 Å². The Morgan fingerprint density at radius 1 is 1.16 bits per heavy atom. The predicted octanol–water partition coefficient (Wildman–Crippen LogP) is 3.67. The van der Waals surface area contributed by atoms with Gasteiger partial charge in [0.15, 0.2) is 6.61 Å². The van der Waals surface area contributed by atoms with Gasteiger partial charge in [-0.15, -0.1) is 0 Å². The van der Waals surface area contributed by atoms with Crippen molar-refractivity contribution < 1.29 is 22.7 Å². The molecule has 8 nitrogen and oxygen atoms in total. The van der Waals surface area contributed by atoms with Crippen molar-refractivity contribution in [2.24, 2.45) is 0 Å². The molecule has 1 amide bonds. The number of amides is 1. The highest BCUT2D eigenvalue weighted by molar-refractivity contribution is 7.89. The van der Waals surface area contributed by atoms with E-state index in [1.165, 1.54) is 28.7 Å². The molecule has 1 N–H and O–H groups in total. The number of aromatic nitrogens is 1. The van der Waals surface area contributed by atoms with Crippen LogP contribution in [0.5, 0.6) is 0 Å². The van der Waals surface area contributed by atoms with E-state index in [-0.39, 0.29) is 20.6 Å². The van der Waals surface area contributed by atoms with Gasteiger partial charge in [0.25, 0.3) is 5.91 Å². The van der Waals surface area contributed by atoms with Crippen LogP contribution in [-0.2, 0) is 19.6 Å². The molecule has 0 saturated carbocycles. The van der Waals surface area contributed by atoms with E-state index in [1.807, 2.05) is 0 Å². The van der Waals surface area contributed by atoms with Crippen LogP contribution in [-0.4, -0.2) is 49.3 Å². The fourth-order valence-electron chi connectivity index (χ4n) is 3.08. The summed E-state index contributed by atoms with van der Waals surface area (Å²) in [6, 6.07) is 5.85. The van der Waals surface area contributed by atoms with Crippen LogP contribution in [0.4, 0.5) is 5.69 Å². The first-order chi connectivity index (χ1) is 14.7. The molecule has 1 aliphatic heterocycles. The second-order valence-electron chi connectivity index (χ2n) is 7.06. The Hall–Kier alpha value is -2.20. The van der Waals surface area contributed by atoms with E-state index in [0.717, 1.165) is 19.3 Å². The average molecular weight is 486 g/mol. The Morgan fingerprint density at radius 3 is 2.55 bits per heavy atom. The Bertz CT molecular complexity index is 1100. The lowest BCUT2D eigenvalue weighted by Crippen LogP contribution is -2.35. The van der Waals surface area contributed by atoms with Crippen molar-refractivity contribution in [3.63, 3.8) is 0 Å². The second-order valence-corrected chi connectivity index (χ2v) is 9.77. The Morgan fingerprint density at radius 2 is 1.87 bits per heavy atom. The summed E-state index contributed by atoms with van der Waals surface area (Å²) in [6.07, 6.45) is 3.86. The molecular formula is C20H21Cl2N3O5S. The van der Waals surface area contributed by atoms with Crippen molar-refractivity contribution in [1.29, 1.82) is 0 Å². The molecule has 1 fully saturated rings. The molecule has 2 aromatic rings. The zero-order chi connectivity index (χ0) is 22.6. The number of ether oxygens (including phenoxy) is 1. The molecule has 0 bridgehead atoms. The number of sulfonamides is 1. The molecule has 1 aromatic heterocycles. The molecule has 0 atom stereocenters. The van der Waals surface area contributed by atoms with E-state index < -0.39 is 28.5 Å². The maximum absolute atomic E-state index is 12.9. The summed E-state index contributed by atoms with van der Waals surface area (Å²) in [6.45, 7) is 2.14. The lowest BCUT2D eigenvalue weighted by Gasteiger charge is -2.26. The van der Waals surface area contributed by atoms with Gasteiger partial charge in [-0.2, -0.15) is 4.31 Å². The Balaban J connectivity index is 1.66. The van der Waals surface area contributed by atoms with Crippen molar-refractivity contribution in [2.75, 3.05) is 25.0 Å². The molecule has 3 rings (SSSR count). The summed E-state index contributed by atoms with van der Waals surface area (Å²) < 4.78 is 32.2. The van der Waals surface area contributed by atoms with Gasteiger partial charge >= 0.3 is 5.97 Å². The van der Waals surface area contributed by atoms with Crippen LogP contribution in [0.25, 0.3) is 0 Å². The van der Waals surface area contributed by atoms with E-state index in [2.05, 4.69) is 10.3 Å². The molecule has 166 valence electrons. The van der Waals surface area contributed by atoms with Crippen LogP contribution in [0.1, 0.15) is 35.2 Å². The Labute approximate surface area is 190 Å². The number of anilines is 1. The summed E-state index contributed by atoms with van der Waals surface area (Å²) in [4.78, 5) is 28.2. The molecule has 1 saturated heterocycles. The number of esters is 1. The molecule has 0 unspecified atom stereocenters. The first kappa shape index (κ1) is 23.5. The van der Waals surface area contributed by atoms with Gasteiger partial charge in [-0.3, -0.25) is 4.79 Å². The first-order valence-corrected chi connectivity index (χ1v) is 11.8. The molecule has 1 aliphatic rings. The molecular weight excluding hydrogens is 465 g/mol. The fraction of sp³-hybridized carbons (Fsp3) is 0.350. The van der Waals surface area contributed by atoms with E-state index in [1.54, 1.807) is 13.0 Å². The number of carbonyl (C=O) groups excluding carboxylic acids is 2. The van der Waals surface area contributed by atoms with Crippen LogP contribution in [0, 0.1) is 6.92 Å². The van der Waals surface area contributed by atoms with Gasteiger partial charge in [0.2, 0.25) is 10.0 Å². The second kappa shape index (κ2) is 9.95. The molecule has 2 heterocycles. The van der Waals surface area contributed by atoms with E-state index >= 15 is 0 Å². The van der Waals surface area contributed by atoms with E-state index in [4.69, 9.17) is 27.9 Å². The number of aryl methyl sites for hydroxylation is 1. The molecule has 11 heteroatoms. The number of nitrogens with zero attached hydrogens (tertiary/aromatic N) is 2. The monoisotopic (exact) mass is 485 g/mol. The number of hydrogen-bond donors (Lipinski definition) is 1. The average Bonchev–Trinajstić information content (AvgIpc) is 2.76. The van der Waals surface area contributed by atoms with Crippen LogP contribution < -0.4 is 5.32 Å². The quantitative estimate of drug-likeness (QED) is 0.494. The number of nitrogens with one attached hydrogen (secondary N) is 1. The zero-order valence-electron chi connectivity index (χ0n) is 16.7. The van der Waals surface area contributed by atoms with Crippen molar-refractivity contribution in [2.45, 2.75) is 31.1 Å². The van der Waals surface area contributed by atoms with Gasteiger partial charge in [-0.05, 0) is 43.5 Å². The largest absolute Gasteiger partial charge is 0.452 e. The van der Waals surface area contributed by atoms with Crippen molar-refractivity contribution >= 4 is 50.8 Å². The minimum Gasteiger partial charge on any atom is -0.452 e. The summed E-state index contributed by atoms with van der Waals surface area (Å²) in [5.74, 6) is -1.41. The third-order valence-corrected chi connectivity index (χ3v) is 7.38. The molecule has 31 heavy (non-hydrogen) atoms. The number of piperidine rings is 1. The SMILES string of the molecule is Cc1ccc(S(=O)(=O)N2CCCCC2)cc1NC(=O)COC(=O)c1cnc(Cl)c(Cl)c1. The summed E-state index contributed by atoms with van der Waals surface area (Å²) in [7, 11) is -3.64. The summed E-state index contributed by atoms with van der Waals surface area (Å²) >= 11 is 11.5. The molecule has 0 aliphatic carbocycles. The maximum Gasteiger partial charge on any atom is 0.340 e. The number of carbonyl (C=O) groups is 2. The highest BCUT2D eigenvalue weighted by atomic mass is 35.5. The lowest BCUT2D eigenvalue weighted by atomic mass is 10.2. The molecule has 0 spiro atoms. The third kappa shape index (κ3) is 5.74. The molecule has 1 aromatic carbocycles. The fourth-order valence-corrected chi connectivity index (χ4v) is 4.90. The van der Waals surface area contributed by atoms with E-state index in [9.17, 15) is 18.0 Å². The predicted molar refractivity (Wildman–Crippen MR) is 117 cm³/mol. The number of hydrogen-bond acceptors (Lipinski definition) is 6. The van der Waals surface area contributed by atoms with Crippen LogP contribution in [0.15, 0.2) is 35.4 Å². The van der Waals surface area contributed by atoms with Crippen molar-refractivity contribution in [3.8, 4) is 0 Å². The normalized spacial score (nSPS) is 14.8. The zero-order valence-corrected chi connectivity index (χ0v) is 19.1. The van der Waals surface area contributed by atoms with Crippen LogP contribution >= 0.6 is 23.2 Å². The van der Waals surface area contributed by atoms with E-state index in [0.29, 0.717) is 24.3 Å². The van der Waals surface area contributed by atoms with Gasteiger partial charge in [0.1, 0.15) is 5.15 Å².